The van der Waals surface area contributed by atoms with Gasteiger partial charge in [0.05, 0.1) is 12.6 Å². The number of hydrogen-bond acceptors (Lipinski definition) is 4. The Labute approximate surface area is 115 Å². The number of aliphatic hydroxyl groups excluding tert-OH is 1. The first-order valence-electron chi connectivity index (χ1n) is 7.42. The lowest BCUT2D eigenvalue weighted by molar-refractivity contribution is -0.124. The molecule has 110 valence electrons. The van der Waals surface area contributed by atoms with Crippen LogP contribution in [0.15, 0.2) is 0 Å². The van der Waals surface area contributed by atoms with Crippen molar-refractivity contribution in [2.75, 3.05) is 32.8 Å². The Bertz CT molecular complexity index is 282. The maximum Gasteiger partial charge on any atom is 0.234 e. The summed E-state index contributed by atoms with van der Waals surface area (Å²) in [6.07, 6.45) is 3.61. The second kappa shape index (κ2) is 7.22. The highest BCUT2D eigenvalue weighted by Gasteiger charge is 2.24. The molecule has 5 heteroatoms. The Morgan fingerprint density at radius 2 is 1.95 bits per heavy atom. The molecule has 2 fully saturated rings. The summed E-state index contributed by atoms with van der Waals surface area (Å²) in [4.78, 5) is 14.1. The number of nitrogens with zero attached hydrogens (tertiary/aromatic N) is 1. The second-order valence-corrected chi connectivity index (χ2v) is 5.81. The minimum absolute atomic E-state index is 0.127. The summed E-state index contributed by atoms with van der Waals surface area (Å²) in [6, 6.07) is 0.288. The van der Waals surface area contributed by atoms with Gasteiger partial charge in [0.25, 0.3) is 0 Å². The van der Waals surface area contributed by atoms with E-state index >= 15 is 0 Å². The molecule has 1 amide bonds. The molecular formula is C14H26N2O3. The molecule has 0 bridgehead atoms. The van der Waals surface area contributed by atoms with Crippen molar-refractivity contribution in [3.8, 4) is 0 Å². The number of ether oxygens (including phenoxy) is 1. The highest BCUT2D eigenvalue weighted by molar-refractivity contribution is 5.78. The third-order valence-electron chi connectivity index (χ3n) is 4.27. The maximum absolute atomic E-state index is 12.0. The molecule has 2 aliphatic rings. The maximum atomic E-state index is 12.0. The lowest BCUT2D eigenvalue weighted by Crippen LogP contribution is -2.46. The number of aliphatic hydroxyl groups is 1. The van der Waals surface area contributed by atoms with Gasteiger partial charge in [-0.05, 0) is 51.6 Å². The molecule has 2 rings (SSSR count). The fourth-order valence-electron chi connectivity index (χ4n) is 2.91. The van der Waals surface area contributed by atoms with Crippen LogP contribution in [0.25, 0.3) is 0 Å². The van der Waals surface area contributed by atoms with Crippen LogP contribution in [0.3, 0.4) is 0 Å². The molecule has 0 aromatic heterocycles. The molecule has 19 heavy (non-hydrogen) atoms. The molecule has 0 aliphatic carbocycles. The van der Waals surface area contributed by atoms with E-state index in [-0.39, 0.29) is 18.1 Å². The Hall–Kier alpha value is -0.650. The van der Waals surface area contributed by atoms with Gasteiger partial charge in [-0.2, -0.15) is 0 Å². The first-order valence-corrected chi connectivity index (χ1v) is 7.42. The van der Waals surface area contributed by atoms with Crippen molar-refractivity contribution >= 4 is 5.91 Å². The van der Waals surface area contributed by atoms with E-state index in [1.54, 1.807) is 0 Å². The molecule has 5 nitrogen and oxygen atoms in total. The van der Waals surface area contributed by atoms with E-state index in [4.69, 9.17) is 4.74 Å². The van der Waals surface area contributed by atoms with Crippen molar-refractivity contribution in [2.45, 2.75) is 44.8 Å². The molecule has 1 unspecified atom stereocenters. The van der Waals surface area contributed by atoms with E-state index in [1.807, 2.05) is 6.92 Å². The summed E-state index contributed by atoms with van der Waals surface area (Å²) in [5.41, 5.74) is 0. The van der Waals surface area contributed by atoms with E-state index in [2.05, 4.69) is 10.2 Å². The van der Waals surface area contributed by atoms with Crippen LogP contribution in [0.2, 0.25) is 0 Å². The lowest BCUT2D eigenvalue weighted by atomic mass is 9.92. The molecule has 0 aromatic rings. The standard InChI is InChI=1S/C14H26N2O3/c1-11(17)12-2-6-16(7-3-12)10-14(18)15-13-4-8-19-9-5-13/h11-13,17H,2-10H2,1H3,(H,15,18). The van der Waals surface area contributed by atoms with Crippen molar-refractivity contribution in [3.63, 3.8) is 0 Å². The molecule has 0 saturated carbocycles. The Morgan fingerprint density at radius 1 is 1.32 bits per heavy atom. The first-order chi connectivity index (χ1) is 9.15. The minimum Gasteiger partial charge on any atom is -0.393 e. The summed E-state index contributed by atoms with van der Waals surface area (Å²) in [5.74, 6) is 0.525. The lowest BCUT2D eigenvalue weighted by Gasteiger charge is -2.33. The monoisotopic (exact) mass is 270 g/mol. The zero-order valence-electron chi connectivity index (χ0n) is 11.8. The third kappa shape index (κ3) is 4.75. The summed E-state index contributed by atoms with van der Waals surface area (Å²) >= 11 is 0. The normalized spacial score (nSPS) is 25.2. The van der Waals surface area contributed by atoms with Crippen LogP contribution in [-0.2, 0) is 9.53 Å². The van der Waals surface area contributed by atoms with Gasteiger partial charge < -0.3 is 15.2 Å². The molecule has 2 heterocycles. The molecule has 2 N–H and O–H groups in total. The fourth-order valence-corrected chi connectivity index (χ4v) is 2.91. The number of carbonyl (C=O) groups is 1. The highest BCUT2D eigenvalue weighted by atomic mass is 16.5. The SMILES string of the molecule is CC(O)C1CCN(CC(=O)NC2CCOCC2)CC1. The summed E-state index contributed by atoms with van der Waals surface area (Å²) < 4.78 is 5.28. The number of rotatable bonds is 4. The summed E-state index contributed by atoms with van der Waals surface area (Å²) in [5, 5.41) is 12.6. The average Bonchev–Trinajstić information content (AvgIpc) is 2.40. The predicted octanol–water partition coefficient (Wildman–Crippen LogP) is 0.374. The predicted molar refractivity (Wildman–Crippen MR) is 72.8 cm³/mol. The van der Waals surface area contributed by atoms with Gasteiger partial charge in [-0.15, -0.1) is 0 Å². The van der Waals surface area contributed by atoms with E-state index in [0.29, 0.717) is 12.5 Å². The van der Waals surface area contributed by atoms with Crippen molar-refractivity contribution in [1.29, 1.82) is 0 Å². The Kier molecular flexibility index (Phi) is 5.60. The third-order valence-corrected chi connectivity index (χ3v) is 4.27. The number of likely N-dealkylation sites (tertiary alicyclic amines) is 1. The van der Waals surface area contributed by atoms with Crippen LogP contribution in [0.5, 0.6) is 0 Å². The van der Waals surface area contributed by atoms with Gasteiger partial charge in [-0.25, -0.2) is 0 Å². The van der Waals surface area contributed by atoms with Crippen molar-refractivity contribution in [1.82, 2.24) is 10.2 Å². The van der Waals surface area contributed by atoms with Crippen LogP contribution < -0.4 is 5.32 Å². The zero-order chi connectivity index (χ0) is 13.7. The van der Waals surface area contributed by atoms with E-state index < -0.39 is 0 Å². The number of piperidine rings is 1. The van der Waals surface area contributed by atoms with Gasteiger partial charge in [0.1, 0.15) is 0 Å². The fraction of sp³-hybridized carbons (Fsp3) is 0.929. The van der Waals surface area contributed by atoms with Gasteiger partial charge in [0.15, 0.2) is 0 Å². The van der Waals surface area contributed by atoms with Gasteiger partial charge in [-0.1, -0.05) is 0 Å². The number of hydrogen-bond donors (Lipinski definition) is 2. The molecule has 0 aromatic carbocycles. The van der Waals surface area contributed by atoms with Crippen molar-refractivity contribution in [2.24, 2.45) is 5.92 Å². The molecule has 0 radical (unpaired) electrons. The van der Waals surface area contributed by atoms with Crippen LogP contribution in [0, 0.1) is 5.92 Å². The summed E-state index contributed by atoms with van der Waals surface area (Å²) in [7, 11) is 0. The van der Waals surface area contributed by atoms with E-state index in [0.717, 1.165) is 52.0 Å². The largest absolute Gasteiger partial charge is 0.393 e. The molecule has 2 saturated heterocycles. The van der Waals surface area contributed by atoms with E-state index in [9.17, 15) is 9.90 Å². The molecular weight excluding hydrogens is 244 g/mol. The van der Waals surface area contributed by atoms with Gasteiger partial charge in [0, 0.05) is 19.3 Å². The van der Waals surface area contributed by atoms with Crippen LogP contribution in [-0.4, -0.2) is 60.9 Å². The topological polar surface area (TPSA) is 61.8 Å². The first kappa shape index (κ1) is 14.8. The van der Waals surface area contributed by atoms with Gasteiger partial charge in [0.2, 0.25) is 5.91 Å². The zero-order valence-corrected chi connectivity index (χ0v) is 11.8. The van der Waals surface area contributed by atoms with Crippen molar-refractivity contribution in [3.05, 3.63) is 0 Å². The van der Waals surface area contributed by atoms with Crippen molar-refractivity contribution < 1.29 is 14.6 Å². The molecule has 0 spiro atoms. The quantitative estimate of drug-likeness (QED) is 0.775. The Balaban J connectivity index is 1.65. The molecule has 2 aliphatic heterocycles. The smallest absolute Gasteiger partial charge is 0.234 e. The van der Waals surface area contributed by atoms with Gasteiger partial charge >= 0.3 is 0 Å². The minimum atomic E-state index is -0.224. The highest BCUT2D eigenvalue weighted by Crippen LogP contribution is 2.20. The van der Waals surface area contributed by atoms with Crippen LogP contribution in [0.1, 0.15) is 32.6 Å². The van der Waals surface area contributed by atoms with Gasteiger partial charge in [-0.3, -0.25) is 9.69 Å². The molecule has 1 atom stereocenters. The number of amides is 1. The second-order valence-electron chi connectivity index (χ2n) is 5.81. The number of carbonyl (C=O) groups excluding carboxylic acids is 1. The number of nitrogens with one attached hydrogen (secondary N) is 1. The van der Waals surface area contributed by atoms with E-state index in [1.165, 1.54) is 0 Å². The summed E-state index contributed by atoms with van der Waals surface area (Å²) in [6.45, 7) is 5.69. The Morgan fingerprint density at radius 3 is 2.53 bits per heavy atom. The van der Waals surface area contributed by atoms with Crippen LogP contribution >= 0.6 is 0 Å². The average molecular weight is 270 g/mol. The van der Waals surface area contributed by atoms with Crippen LogP contribution in [0.4, 0.5) is 0 Å².